The second-order valence-electron chi connectivity index (χ2n) is 4.74. The van der Waals surface area contributed by atoms with Gasteiger partial charge in [-0.2, -0.15) is 0 Å². The van der Waals surface area contributed by atoms with Crippen LogP contribution in [0.5, 0.6) is 5.75 Å². The van der Waals surface area contributed by atoms with Gasteiger partial charge in [-0.05, 0) is 35.7 Å². The summed E-state index contributed by atoms with van der Waals surface area (Å²) in [6, 6.07) is 12.4. The Hall–Kier alpha value is -1.58. The van der Waals surface area contributed by atoms with Gasteiger partial charge in [0.15, 0.2) is 0 Å². The van der Waals surface area contributed by atoms with Gasteiger partial charge in [-0.3, -0.25) is 0 Å². The van der Waals surface area contributed by atoms with Crippen LogP contribution in [0.15, 0.2) is 42.5 Å². The summed E-state index contributed by atoms with van der Waals surface area (Å²) in [7, 11) is 0. The third kappa shape index (κ3) is 3.71. The van der Waals surface area contributed by atoms with Gasteiger partial charge >= 0.3 is 0 Å². The highest BCUT2D eigenvalue weighted by atomic mass is 35.5. The molecule has 1 unspecified atom stereocenters. The van der Waals surface area contributed by atoms with Crippen molar-refractivity contribution in [3.8, 4) is 5.75 Å². The topological polar surface area (TPSA) is 35.2 Å². The van der Waals surface area contributed by atoms with Gasteiger partial charge in [0.2, 0.25) is 0 Å². The molecule has 106 valence electrons. The largest absolute Gasteiger partial charge is 0.489 e. The standard InChI is InChI=1S/C16H17ClFNO/c1-11(9-19)13-4-2-12(3-5-13)10-20-14-6-7-16(18)15(17)8-14/h2-8,11H,9-10,19H2,1H3. The molecule has 0 saturated carbocycles. The molecule has 0 aliphatic rings. The van der Waals surface area contributed by atoms with E-state index in [-0.39, 0.29) is 5.02 Å². The molecule has 0 spiro atoms. The van der Waals surface area contributed by atoms with Crippen LogP contribution in [0.2, 0.25) is 5.02 Å². The number of hydrogen-bond acceptors (Lipinski definition) is 2. The molecule has 2 nitrogen and oxygen atoms in total. The van der Waals surface area contributed by atoms with Crippen LogP contribution in [0.4, 0.5) is 4.39 Å². The molecule has 0 aliphatic heterocycles. The summed E-state index contributed by atoms with van der Waals surface area (Å²) < 4.78 is 18.6. The van der Waals surface area contributed by atoms with E-state index in [0.717, 1.165) is 5.56 Å². The summed E-state index contributed by atoms with van der Waals surface area (Å²) in [5.74, 6) is 0.454. The smallest absolute Gasteiger partial charge is 0.142 e. The first-order valence-corrected chi connectivity index (χ1v) is 6.84. The molecule has 2 aromatic carbocycles. The number of rotatable bonds is 5. The van der Waals surface area contributed by atoms with Crippen LogP contribution in [-0.2, 0) is 6.61 Å². The van der Waals surface area contributed by atoms with Crippen LogP contribution in [-0.4, -0.2) is 6.54 Å². The normalized spacial score (nSPS) is 12.2. The second kappa shape index (κ2) is 6.73. The summed E-state index contributed by atoms with van der Waals surface area (Å²) in [6.07, 6.45) is 0. The highest BCUT2D eigenvalue weighted by Crippen LogP contribution is 2.22. The van der Waals surface area contributed by atoms with Gasteiger partial charge in [0.05, 0.1) is 5.02 Å². The summed E-state index contributed by atoms with van der Waals surface area (Å²) in [6.45, 7) is 3.13. The minimum Gasteiger partial charge on any atom is -0.489 e. The number of ether oxygens (including phenoxy) is 1. The Bertz CT molecular complexity index is 571. The van der Waals surface area contributed by atoms with Crippen LogP contribution in [0.25, 0.3) is 0 Å². The molecule has 0 radical (unpaired) electrons. The molecular weight excluding hydrogens is 277 g/mol. The zero-order valence-corrected chi connectivity index (χ0v) is 12.0. The van der Waals surface area contributed by atoms with E-state index in [1.165, 1.54) is 17.7 Å². The maximum absolute atomic E-state index is 13.0. The quantitative estimate of drug-likeness (QED) is 0.900. The van der Waals surface area contributed by atoms with Crippen molar-refractivity contribution in [3.05, 3.63) is 64.4 Å². The highest BCUT2D eigenvalue weighted by molar-refractivity contribution is 6.30. The zero-order chi connectivity index (χ0) is 14.5. The summed E-state index contributed by atoms with van der Waals surface area (Å²) in [4.78, 5) is 0. The van der Waals surface area contributed by atoms with Gasteiger partial charge in [-0.25, -0.2) is 4.39 Å². The average molecular weight is 294 g/mol. The minimum absolute atomic E-state index is 0.0645. The number of halogens is 2. The molecular formula is C16H17ClFNO. The molecule has 0 bridgehead atoms. The monoisotopic (exact) mass is 293 g/mol. The number of nitrogens with two attached hydrogens (primary N) is 1. The molecule has 0 saturated heterocycles. The molecule has 1 atom stereocenters. The third-order valence-electron chi connectivity index (χ3n) is 3.20. The van der Waals surface area contributed by atoms with Gasteiger partial charge < -0.3 is 10.5 Å². The van der Waals surface area contributed by atoms with E-state index >= 15 is 0 Å². The summed E-state index contributed by atoms with van der Waals surface area (Å²) in [5.41, 5.74) is 7.88. The SMILES string of the molecule is CC(CN)c1ccc(COc2ccc(F)c(Cl)c2)cc1. The van der Waals surface area contributed by atoms with Crippen molar-refractivity contribution >= 4 is 11.6 Å². The Morgan fingerprint density at radius 1 is 1.20 bits per heavy atom. The lowest BCUT2D eigenvalue weighted by Gasteiger charge is -2.10. The minimum atomic E-state index is -0.445. The predicted molar refractivity (Wildman–Crippen MR) is 79.7 cm³/mol. The van der Waals surface area contributed by atoms with Crippen molar-refractivity contribution in [1.82, 2.24) is 0 Å². The van der Waals surface area contributed by atoms with E-state index in [2.05, 4.69) is 6.92 Å². The molecule has 2 aromatic rings. The van der Waals surface area contributed by atoms with E-state index in [1.54, 1.807) is 6.07 Å². The van der Waals surface area contributed by atoms with E-state index in [1.807, 2.05) is 24.3 Å². The fourth-order valence-electron chi connectivity index (χ4n) is 1.81. The molecule has 4 heteroatoms. The molecule has 2 rings (SSSR count). The summed E-state index contributed by atoms with van der Waals surface area (Å²) in [5, 5.41) is 0.0645. The van der Waals surface area contributed by atoms with Crippen LogP contribution in [0.3, 0.4) is 0 Å². The van der Waals surface area contributed by atoms with Gasteiger partial charge in [0.25, 0.3) is 0 Å². The van der Waals surface area contributed by atoms with Crippen molar-refractivity contribution in [2.45, 2.75) is 19.4 Å². The lowest BCUT2D eigenvalue weighted by atomic mass is 10.0. The van der Waals surface area contributed by atoms with Crippen LogP contribution in [0, 0.1) is 5.82 Å². The Labute approximate surface area is 123 Å². The van der Waals surface area contributed by atoms with Crippen molar-refractivity contribution in [1.29, 1.82) is 0 Å². The van der Waals surface area contributed by atoms with Gasteiger partial charge in [0, 0.05) is 6.07 Å². The average Bonchev–Trinajstić information content (AvgIpc) is 2.48. The lowest BCUT2D eigenvalue weighted by molar-refractivity contribution is 0.305. The first-order valence-electron chi connectivity index (χ1n) is 6.47. The fraction of sp³-hybridized carbons (Fsp3) is 0.250. The van der Waals surface area contributed by atoms with Crippen LogP contribution < -0.4 is 10.5 Å². The second-order valence-corrected chi connectivity index (χ2v) is 5.15. The van der Waals surface area contributed by atoms with Crippen LogP contribution in [0.1, 0.15) is 24.0 Å². The fourth-order valence-corrected chi connectivity index (χ4v) is 1.98. The molecule has 20 heavy (non-hydrogen) atoms. The summed E-state index contributed by atoms with van der Waals surface area (Å²) >= 11 is 5.70. The maximum Gasteiger partial charge on any atom is 0.142 e. The Morgan fingerprint density at radius 3 is 2.50 bits per heavy atom. The molecule has 0 amide bonds. The van der Waals surface area contributed by atoms with E-state index in [0.29, 0.717) is 24.8 Å². The van der Waals surface area contributed by atoms with E-state index in [4.69, 9.17) is 22.1 Å². The van der Waals surface area contributed by atoms with Crippen molar-refractivity contribution in [2.75, 3.05) is 6.54 Å². The Kier molecular flexibility index (Phi) is 4.99. The van der Waals surface area contributed by atoms with Crippen molar-refractivity contribution < 1.29 is 9.13 Å². The number of benzene rings is 2. The van der Waals surface area contributed by atoms with Gasteiger partial charge in [-0.15, -0.1) is 0 Å². The first-order chi connectivity index (χ1) is 9.60. The molecule has 0 fully saturated rings. The third-order valence-corrected chi connectivity index (χ3v) is 3.49. The first kappa shape index (κ1) is 14.8. The van der Waals surface area contributed by atoms with Crippen molar-refractivity contribution in [3.63, 3.8) is 0 Å². The van der Waals surface area contributed by atoms with E-state index in [9.17, 15) is 4.39 Å². The molecule has 0 aromatic heterocycles. The maximum atomic E-state index is 13.0. The molecule has 0 aliphatic carbocycles. The predicted octanol–water partition coefficient (Wildman–Crippen LogP) is 4.12. The van der Waals surface area contributed by atoms with Crippen LogP contribution >= 0.6 is 11.6 Å². The molecule has 2 N–H and O–H groups in total. The molecule has 0 heterocycles. The van der Waals surface area contributed by atoms with Crippen molar-refractivity contribution in [2.24, 2.45) is 5.73 Å². The van der Waals surface area contributed by atoms with Gasteiger partial charge in [-0.1, -0.05) is 42.8 Å². The Morgan fingerprint density at radius 2 is 1.90 bits per heavy atom. The number of hydrogen-bond donors (Lipinski definition) is 1. The highest BCUT2D eigenvalue weighted by Gasteiger charge is 2.04. The van der Waals surface area contributed by atoms with Gasteiger partial charge in [0.1, 0.15) is 18.2 Å². The zero-order valence-electron chi connectivity index (χ0n) is 11.3. The van der Waals surface area contributed by atoms with E-state index < -0.39 is 5.82 Å². The Balaban J connectivity index is 1.98. The lowest BCUT2D eigenvalue weighted by Crippen LogP contribution is -2.08.